The van der Waals surface area contributed by atoms with Gasteiger partial charge in [-0.2, -0.15) is 0 Å². The first-order chi connectivity index (χ1) is 9.40. The molecule has 1 heterocycles. The quantitative estimate of drug-likeness (QED) is 0.904. The van der Waals surface area contributed by atoms with Crippen LogP contribution in [-0.4, -0.2) is 19.2 Å². The highest BCUT2D eigenvalue weighted by molar-refractivity contribution is 5.31. The minimum Gasteiger partial charge on any atom is -0.489 e. The third-order valence-corrected chi connectivity index (χ3v) is 3.49. The fourth-order valence-corrected chi connectivity index (χ4v) is 2.44. The van der Waals surface area contributed by atoms with Crippen molar-refractivity contribution in [2.45, 2.75) is 18.9 Å². The Morgan fingerprint density at radius 3 is 2.37 bits per heavy atom. The molecule has 2 nitrogen and oxygen atoms in total. The molecule has 98 valence electrons. The average Bonchev–Trinajstić information content (AvgIpc) is 2.95. The van der Waals surface area contributed by atoms with Gasteiger partial charge in [-0.05, 0) is 42.6 Å². The van der Waals surface area contributed by atoms with Crippen molar-refractivity contribution in [3.8, 4) is 5.75 Å². The summed E-state index contributed by atoms with van der Waals surface area (Å²) in [5.41, 5.74) is 2.67. The van der Waals surface area contributed by atoms with Crippen molar-refractivity contribution >= 4 is 0 Å². The van der Waals surface area contributed by atoms with Gasteiger partial charge in [-0.25, -0.2) is 0 Å². The van der Waals surface area contributed by atoms with Crippen LogP contribution in [0.25, 0.3) is 0 Å². The second-order valence-electron chi connectivity index (χ2n) is 5.04. The summed E-state index contributed by atoms with van der Waals surface area (Å²) in [5, 5.41) is 3.31. The molecule has 0 spiro atoms. The highest BCUT2D eigenvalue weighted by atomic mass is 16.5. The van der Waals surface area contributed by atoms with Gasteiger partial charge < -0.3 is 10.1 Å². The molecule has 0 amide bonds. The summed E-state index contributed by atoms with van der Waals surface area (Å²) in [5.74, 6) is 0.977. The van der Waals surface area contributed by atoms with Crippen molar-refractivity contribution in [2.75, 3.05) is 13.1 Å². The zero-order chi connectivity index (χ0) is 12.9. The Morgan fingerprint density at radius 2 is 1.68 bits per heavy atom. The van der Waals surface area contributed by atoms with Crippen molar-refractivity contribution in [3.63, 3.8) is 0 Å². The molecule has 19 heavy (non-hydrogen) atoms. The Kier molecular flexibility index (Phi) is 3.80. The predicted molar refractivity (Wildman–Crippen MR) is 77.6 cm³/mol. The lowest BCUT2D eigenvalue weighted by atomic mass is 10.1. The van der Waals surface area contributed by atoms with Crippen LogP contribution in [0.4, 0.5) is 0 Å². The molecule has 1 aliphatic heterocycles. The third-order valence-electron chi connectivity index (χ3n) is 3.49. The van der Waals surface area contributed by atoms with E-state index in [1.54, 1.807) is 0 Å². The number of hydrogen-bond donors (Lipinski definition) is 1. The molecule has 1 unspecified atom stereocenters. The molecule has 1 saturated heterocycles. The summed E-state index contributed by atoms with van der Waals surface area (Å²) < 4.78 is 5.92. The van der Waals surface area contributed by atoms with Gasteiger partial charge in [0, 0.05) is 6.54 Å². The van der Waals surface area contributed by atoms with E-state index in [9.17, 15) is 0 Å². The Labute approximate surface area is 114 Å². The number of nitrogens with one attached hydrogen (secondary N) is 1. The van der Waals surface area contributed by atoms with E-state index in [1.807, 2.05) is 0 Å². The van der Waals surface area contributed by atoms with Crippen LogP contribution < -0.4 is 10.1 Å². The van der Waals surface area contributed by atoms with E-state index in [0.717, 1.165) is 31.7 Å². The van der Waals surface area contributed by atoms with E-state index in [2.05, 4.69) is 59.9 Å². The maximum absolute atomic E-state index is 5.92. The maximum atomic E-state index is 5.92. The van der Waals surface area contributed by atoms with Crippen LogP contribution >= 0.6 is 0 Å². The van der Waals surface area contributed by atoms with Crippen molar-refractivity contribution in [1.82, 2.24) is 5.32 Å². The topological polar surface area (TPSA) is 21.3 Å². The molecule has 0 saturated carbocycles. The normalized spacial score (nSPS) is 18.4. The maximum Gasteiger partial charge on any atom is 0.119 e. The van der Waals surface area contributed by atoms with Gasteiger partial charge in [0.1, 0.15) is 11.9 Å². The van der Waals surface area contributed by atoms with Crippen LogP contribution in [0.1, 0.15) is 17.5 Å². The Balaban J connectivity index is 1.62. The van der Waals surface area contributed by atoms with Gasteiger partial charge in [0.25, 0.3) is 0 Å². The van der Waals surface area contributed by atoms with Gasteiger partial charge >= 0.3 is 0 Å². The van der Waals surface area contributed by atoms with E-state index < -0.39 is 0 Å². The zero-order valence-electron chi connectivity index (χ0n) is 11.0. The highest BCUT2D eigenvalue weighted by Crippen LogP contribution is 2.18. The van der Waals surface area contributed by atoms with E-state index >= 15 is 0 Å². The summed E-state index contributed by atoms with van der Waals surface area (Å²) in [6.07, 6.45) is 2.41. The van der Waals surface area contributed by atoms with Gasteiger partial charge in [0.15, 0.2) is 0 Å². The van der Waals surface area contributed by atoms with Gasteiger partial charge in [0.05, 0.1) is 0 Å². The molecular weight excluding hydrogens is 234 g/mol. The van der Waals surface area contributed by atoms with E-state index in [1.165, 1.54) is 11.1 Å². The lowest BCUT2D eigenvalue weighted by Crippen LogP contribution is -2.19. The number of ether oxygens (including phenoxy) is 1. The van der Waals surface area contributed by atoms with Crippen molar-refractivity contribution in [2.24, 2.45) is 0 Å². The summed E-state index contributed by atoms with van der Waals surface area (Å²) in [6, 6.07) is 19.0. The molecule has 2 heteroatoms. The lowest BCUT2D eigenvalue weighted by Gasteiger charge is -2.12. The lowest BCUT2D eigenvalue weighted by molar-refractivity contribution is 0.223. The largest absolute Gasteiger partial charge is 0.489 e. The molecule has 1 N–H and O–H groups in total. The fourth-order valence-electron chi connectivity index (χ4n) is 2.44. The van der Waals surface area contributed by atoms with Crippen molar-refractivity contribution in [1.29, 1.82) is 0 Å². The van der Waals surface area contributed by atoms with Crippen LogP contribution in [0.3, 0.4) is 0 Å². The molecular formula is C17H19NO. The SMILES string of the molecule is c1ccc(Cc2ccc(OC3CCNC3)cc2)cc1. The molecule has 2 aromatic rings. The van der Waals surface area contributed by atoms with Gasteiger partial charge in [-0.3, -0.25) is 0 Å². The van der Waals surface area contributed by atoms with Crippen LogP contribution in [0, 0.1) is 0 Å². The fraction of sp³-hybridized carbons (Fsp3) is 0.294. The number of benzene rings is 2. The van der Waals surface area contributed by atoms with Crippen LogP contribution in [0.15, 0.2) is 54.6 Å². The molecule has 0 bridgehead atoms. The first kappa shape index (κ1) is 12.2. The van der Waals surface area contributed by atoms with Crippen LogP contribution in [-0.2, 0) is 6.42 Å². The minimum absolute atomic E-state index is 0.333. The Bertz CT molecular complexity index is 501. The second-order valence-corrected chi connectivity index (χ2v) is 5.04. The summed E-state index contributed by atoms with van der Waals surface area (Å²) in [7, 11) is 0. The molecule has 0 aliphatic carbocycles. The monoisotopic (exact) mass is 253 g/mol. The van der Waals surface area contributed by atoms with Gasteiger partial charge in [-0.1, -0.05) is 42.5 Å². The number of rotatable bonds is 4. The standard InChI is InChI=1S/C17H19NO/c1-2-4-14(5-3-1)12-15-6-8-16(9-7-15)19-17-10-11-18-13-17/h1-9,17-18H,10-13H2. The highest BCUT2D eigenvalue weighted by Gasteiger charge is 2.15. The summed E-state index contributed by atoms with van der Waals surface area (Å²) in [6.45, 7) is 2.03. The van der Waals surface area contributed by atoms with E-state index in [4.69, 9.17) is 4.74 Å². The molecule has 1 atom stereocenters. The molecule has 1 aliphatic rings. The molecule has 2 aromatic carbocycles. The smallest absolute Gasteiger partial charge is 0.119 e. The van der Waals surface area contributed by atoms with Gasteiger partial charge in [-0.15, -0.1) is 0 Å². The number of hydrogen-bond acceptors (Lipinski definition) is 2. The van der Waals surface area contributed by atoms with Crippen molar-refractivity contribution < 1.29 is 4.74 Å². The first-order valence-corrected chi connectivity index (χ1v) is 6.90. The average molecular weight is 253 g/mol. The van der Waals surface area contributed by atoms with Gasteiger partial charge in [0.2, 0.25) is 0 Å². The Hall–Kier alpha value is -1.80. The third kappa shape index (κ3) is 3.36. The summed E-state index contributed by atoms with van der Waals surface area (Å²) >= 11 is 0. The van der Waals surface area contributed by atoms with Crippen molar-refractivity contribution in [3.05, 3.63) is 65.7 Å². The molecule has 3 rings (SSSR count). The minimum atomic E-state index is 0.333. The van der Waals surface area contributed by atoms with Crippen LogP contribution in [0.5, 0.6) is 5.75 Å². The first-order valence-electron chi connectivity index (χ1n) is 6.90. The van der Waals surface area contributed by atoms with E-state index in [-0.39, 0.29) is 0 Å². The second kappa shape index (κ2) is 5.89. The van der Waals surface area contributed by atoms with Crippen LogP contribution in [0.2, 0.25) is 0 Å². The summed E-state index contributed by atoms with van der Waals surface area (Å²) in [4.78, 5) is 0. The predicted octanol–water partition coefficient (Wildman–Crippen LogP) is 3.02. The molecule has 0 radical (unpaired) electrons. The molecule has 0 aromatic heterocycles. The van der Waals surface area contributed by atoms with E-state index in [0.29, 0.717) is 6.10 Å². The zero-order valence-corrected chi connectivity index (χ0v) is 11.0. The molecule has 1 fully saturated rings. The Morgan fingerprint density at radius 1 is 0.947 bits per heavy atom.